The van der Waals surface area contributed by atoms with Crippen molar-refractivity contribution >= 4 is 74.0 Å². The van der Waals surface area contributed by atoms with E-state index in [-0.39, 0.29) is 35.5 Å². The van der Waals surface area contributed by atoms with Crippen molar-refractivity contribution in [2.75, 3.05) is 4.90 Å². The van der Waals surface area contributed by atoms with Crippen LogP contribution < -0.4 is 4.90 Å². The van der Waals surface area contributed by atoms with Gasteiger partial charge in [-0.2, -0.15) is 0 Å². The van der Waals surface area contributed by atoms with Gasteiger partial charge in [-0.3, -0.25) is 9.59 Å². The van der Waals surface area contributed by atoms with Gasteiger partial charge in [-0.25, -0.2) is 9.88 Å². The van der Waals surface area contributed by atoms with Gasteiger partial charge in [0.25, 0.3) is 0 Å². The second-order valence-corrected chi connectivity index (χ2v) is 11.3. The normalized spacial score (nSPS) is 26.5. The van der Waals surface area contributed by atoms with Gasteiger partial charge in [-0.05, 0) is 54.2 Å². The van der Waals surface area contributed by atoms with E-state index in [9.17, 15) is 9.59 Å². The summed E-state index contributed by atoms with van der Waals surface area (Å²) in [7, 11) is 0. The number of anilines is 1. The van der Waals surface area contributed by atoms with Crippen LogP contribution in [0.2, 0.25) is 10.0 Å². The first-order chi connectivity index (χ1) is 15.0. The van der Waals surface area contributed by atoms with Crippen molar-refractivity contribution in [1.29, 1.82) is 0 Å². The molecule has 2 fully saturated rings. The van der Waals surface area contributed by atoms with Gasteiger partial charge in [-0.15, -0.1) is 11.3 Å². The number of imide groups is 1. The fraction of sp³-hybridized carbons (Fsp3) is 0.261. The summed E-state index contributed by atoms with van der Waals surface area (Å²) >= 11 is 15.4. The second-order valence-electron chi connectivity index (χ2n) is 8.17. The van der Waals surface area contributed by atoms with E-state index in [2.05, 4.69) is 17.1 Å². The molecule has 3 aliphatic rings. The molecule has 0 radical (unpaired) electrons. The number of nitrogens with zero attached hydrogens (tertiary/aromatic N) is 2. The number of thioether (sulfide) groups is 1. The summed E-state index contributed by atoms with van der Waals surface area (Å²) in [5.41, 5.74) is 2.51. The molecule has 3 aromatic rings. The third kappa shape index (κ3) is 3.15. The number of hydrogen-bond acceptors (Lipinski definition) is 5. The van der Waals surface area contributed by atoms with E-state index in [0.29, 0.717) is 21.5 Å². The van der Waals surface area contributed by atoms with E-state index < -0.39 is 0 Å². The van der Waals surface area contributed by atoms with Crippen molar-refractivity contribution < 1.29 is 9.59 Å². The first kappa shape index (κ1) is 19.8. The van der Waals surface area contributed by atoms with Crippen molar-refractivity contribution in [3.63, 3.8) is 0 Å². The van der Waals surface area contributed by atoms with Crippen molar-refractivity contribution in [3.05, 3.63) is 64.2 Å². The number of benzene rings is 2. The summed E-state index contributed by atoms with van der Waals surface area (Å²) < 4.78 is 1.87. The quantitative estimate of drug-likeness (QED) is 0.250. The molecule has 31 heavy (non-hydrogen) atoms. The van der Waals surface area contributed by atoms with Crippen molar-refractivity contribution in [1.82, 2.24) is 4.98 Å². The maximum Gasteiger partial charge on any atom is 0.238 e. The fourth-order valence-electron chi connectivity index (χ4n) is 5.03. The Balaban J connectivity index is 1.25. The molecule has 2 amide bonds. The SMILES string of the molecule is O=C1[C@@H]2[C@@H](C(=O)N1c1ccc3nc(SCc4ccc(Cl)cc4Cl)sc3c1)[C@H]1C=C[C@H]2C1. The van der Waals surface area contributed by atoms with Crippen molar-refractivity contribution in [2.45, 2.75) is 16.5 Å². The van der Waals surface area contributed by atoms with Crippen LogP contribution in [0.15, 0.2) is 52.9 Å². The maximum absolute atomic E-state index is 13.1. The molecular weight excluding hydrogens is 471 g/mol. The highest BCUT2D eigenvalue weighted by Gasteiger charge is 2.59. The Hall–Kier alpha value is -1.86. The molecule has 2 aliphatic carbocycles. The van der Waals surface area contributed by atoms with Gasteiger partial charge in [0.1, 0.15) is 0 Å². The number of fused-ring (bicyclic) bond motifs is 6. The predicted octanol–water partition coefficient (Wildman–Crippen LogP) is 6.21. The average Bonchev–Trinajstić information content (AvgIpc) is 3.50. The lowest BCUT2D eigenvalue weighted by Crippen LogP contribution is -2.32. The van der Waals surface area contributed by atoms with Gasteiger partial charge in [-0.1, -0.05) is 53.2 Å². The molecule has 2 bridgehead atoms. The molecule has 156 valence electrons. The largest absolute Gasteiger partial charge is 0.274 e. The van der Waals surface area contributed by atoms with Gasteiger partial charge < -0.3 is 0 Å². The monoisotopic (exact) mass is 486 g/mol. The Labute approximate surface area is 197 Å². The average molecular weight is 487 g/mol. The van der Waals surface area contributed by atoms with Gasteiger partial charge in [0, 0.05) is 15.8 Å². The van der Waals surface area contributed by atoms with Crippen LogP contribution in [0.25, 0.3) is 10.2 Å². The van der Waals surface area contributed by atoms with E-state index in [1.807, 2.05) is 30.3 Å². The van der Waals surface area contributed by atoms with Crippen LogP contribution in [0.4, 0.5) is 5.69 Å². The molecular formula is C23H16Cl2N2O2S2. The number of hydrogen-bond donors (Lipinski definition) is 0. The maximum atomic E-state index is 13.1. The predicted molar refractivity (Wildman–Crippen MR) is 126 cm³/mol. The standard InChI is InChI=1S/C23H16Cl2N2O2S2/c24-14-4-3-13(16(25)8-14)10-30-23-26-17-6-5-15(9-18(17)31-23)27-21(28)19-11-1-2-12(7-11)20(19)22(27)29/h1-6,8-9,11-12,19-20H,7,10H2/t11-,12-,19-,20-/m0/s1. The molecule has 1 aliphatic heterocycles. The number of halogens is 2. The first-order valence-corrected chi connectivity index (χ1v) is 12.6. The molecule has 1 saturated heterocycles. The van der Waals surface area contributed by atoms with E-state index in [1.54, 1.807) is 29.2 Å². The Morgan fingerprint density at radius 2 is 1.77 bits per heavy atom. The zero-order chi connectivity index (χ0) is 21.3. The highest BCUT2D eigenvalue weighted by Crippen LogP contribution is 2.53. The summed E-state index contributed by atoms with van der Waals surface area (Å²) in [5, 5.41) is 1.26. The molecule has 0 unspecified atom stereocenters. The number of amides is 2. The molecule has 4 atom stereocenters. The Bertz CT molecular complexity index is 1260. The van der Waals surface area contributed by atoms with Gasteiger partial charge in [0.2, 0.25) is 11.8 Å². The summed E-state index contributed by atoms with van der Waals surface area (Å²) in [5.74, 6) is 0.637. The zero-order valence-corrected chi connectivity index (χ0v) is 19.3. The number of aromatic nitrogens is 1. The van der Waals surface area contributed by atoms with Crippen LogP contribution in [0.3, 0.4) is 0 Å². The van der Waals surface area contributed by atoms with Crippen LogP contribution in [0, 0.1) is 23.7 Å². The minimum absolute atomic E-state index is 0.0531. The number of rotatable bonds is 4. The van der Waals surface area contributed by atoms with Crippen LogP contribution in [-0.2, 0) is 15.3 Å². The third-order valence-electron chi connectivity index (χ3n) is 6.45. The highest BCUT2D eigenvalue weighted by molar-refractivity contribution is 8.00. The molecule has 1 saturated carbocycles. The van der Waals surface area contributed by atoms with Gasteiger partial charge >= 0.3 is 0 Å². The number of allylic oxidation sites excluding steroid dienone is 2. The number of carbonyl (C=O) groups excluding carboxylic acids is 2. The molecule has 0 spiro atoms. The molecule has 2 heterocycles. The molecule has 1 aromatic heterocycles. The van der Waals surface area contributed by atoms with Gasteiger partial charge in [0.15, 0.2) is 4.34 Å². The van der Waals surface area contributed by atoms with E-state index in [4.69, 9.17) is 23.2 Å². The highest BCUT2D eigenvalue weighted by atomic mass is 35.5. The van der Waals surface area contributed by atoms with Crippen LogP contribution in [-0.4, -0.2) is 16.8 Å². The topological polar surface area (TPSA) is 50.3 Å². The lowest BCUT2D eigenvalue weighted by Gasteiger charge is -2.17. The molecule has 8 heteroatoms. The third-order valence-corrected chi connectivity index (χ3v) is 9.24. The van der Waals surface area contributed by atoms with Crippen LogP contribution >= 0.6 is 46.3 Å². The van der Waals surface area contributed by atoms with E-state index >= 15 is 0 Å². The zero-order valence-electron chi connectivity index (χ0n) is 16.1. The Morgan fingerprint density at radius 1 is 1.03 bits per heavy atom. The minimum Gasteiger partial charge on any atom is -0.274 e. The summed E-state index contributed by atoms with van der Waals surface area (Å²) in [4.78, 5) is 32.2. The lowest BCUT2D eigenvalue weighted by atomic mass is 9.85. The van der Waals surface area contributed by atoms with Gasteiger partial charge in [0.05, 0.1) is 27.7 Å². The summed E-state index contributed by atoms with van der Waals surface area (Å²) in [6, 6.07) is 11.1. The van der Waals surface area contributed by atoms with Crippen LogP contribution in [0.5, 0.6) is 0 Å². The van der Waals surface area contributed by atoms with E-state index in [0.717, 1.165) is 26.5 Å². The van der Waals surface area contributed by atoms with Crippen LogP contribution in [0.1, 0.15) is 12.0 Å². The fourth-order valence-corrected chi connectivity index (χ4v) is 7.69. The van der Waals surface area contributed by atoms with Crippen molar-refractivity contribution in [2.24, 2.45) is 23.7 Å². The Morgan fingerprint density at radius 3 is 2.48 bits per heavy atom. The second kappa shape index (κ2) is 7.34. The van der Waals surface area contributed by atoms with Crippen molar-refractivity contribution in [3.8, 4) is 0 Å². The lowest BCUT2D eigenvalue weighted by molar-refractivity contribution is -0.123. The summed E-state index contributed by atoms with van der Waals surface area (Å²) in [6.07, 6.45) is 5.17. The molecule has 6 rings (SSSR count). The number of thiazole rings is 1. The molecule has 4 nitrogen and oxygen atoms in total. The first-order valence-electron chi connectivity index (χ1n) is 10.0. The van der Waals surface area contributed by atoms with E-state index in [1.165, 1.54) is 4.90 Å². The molecule has 0 N–H and O–H groups in total. The number of carbonyl (C=O) groups is 2. The smallest absolute Gasteiger partial charge is 0.238 e. The molecule has 2 aromatic carbocycles. The Kier molecular flexibility index (Phi) is 4.69. The minimum atomic E-state index is -0.185. The summed E-state index contributed by atoms with van der Waals surface area (Å²) in [6.45, 7) is 0.